The molecule has 6 N–H and O–H groups in total. The predicted octanol–water partition coefficient (Wildman–Crippen LogP) is 3.21. The number of aromatic nitrogens is 1. The molecule has 300 valence electrons. The maximum atomic E-state index is 15.0. The van der Waals surface area contributed by atoms with Crippen LogP contribution in [0.1, 0.15) is 68.9 Å². The van der Waals surface area contributed by atoms with Crippen LogP contribution < -0.4 is 34.3 Å². The SMILES string of the molecule is COc1ccc2[nH]c3c(c2c1)C[C@H](CO)N[C@]31CS[C@@H]2c3c(OC(C)=O)c(C)c4c(c3[C@H](COC1=O)N1[C@@H]2[C@@H]2N[C@@H](Cc3cc(C)c(OC)c(O)c32)[C@@H]1O)OCO4. The molecule has 3 aromatic carbocycles. The monoisotopic (exact) mass is 800 g/mol. The van der Waals surface area contributed by atoms with E-state index < -0.39 is 59.2 Å². The molecular weight excluding hydrogens is 757 g/mol. The quantitative estimate of drug-likeness (QED) is 0.130. The van der Waals surface area contributed by atoms with Crippen molar-refractivity contribution in [1.29, 1.82) is 0 Å². The second-order valence-electron chi connectivity index (χ2n) is 15.8. The van der Waals surface area contributed by atoms with Crippen LogP contribution in [-0.4, -0.2) is 101 Å². The summed E-state index contributed by atoms with van der Waals surface area (Å²) < 4.78 is 36.1. The number of aromatic amines is 1. The van der Waals surface area contributed by atoms with Gasteiger partial charge in [-0.15, -0.1) is 11.8 Å². The first-order valence-corrected chi connectivity index (χ1v) is 20.2. The molecule has 4 bridgehead atoms. The van der Waals surface area contributed by atoms with Crippen molar-refractivity contribution < 1.29 is 53.3 Å². The van der Waals surface area contributed by atoms with Crippen molar-refractivity contribution in [3.8, 4) is 34.5 Å². The van der Waals surface area contributed by atoms with Gasteiger partial charge in [0.15, 0.2) is 28.5 Å². The Balaban J connectivity index is 1.23. The van der Waals surface area contributed by atoms with E-state index in [1.165, 1.54) is 25.8 Å². The first-order chi connectivity index (χ1) is 27.5. The number of piperazine rings is 1. The zero-order chi connectivity index (χ0) is 39.7. The fraction of sp³-hybridized carbons (Fsp3) is 0.463. The molecule has 0 amide bonds. The average molecular weight is 801 g/mol. The molecule has 1 aromatic heterocycles. The van der Waals surface area contributed by atoms with Gasteiger partial charge in [-0.25, -0.2) is 4.79 Å². The zero-order valence-corrected chi connectivity index (χ0v) is 32.9. The number of ether oxygens (including phenoxy) is 6. The summed E-state index contributed by atoms with van der Waals surface area (Å²) in [5.41, 5.74) is 4.99. The number of esters is 2. The number of aliphatic hydroxyl groups excluding tert-OH is 2. The lowest BCUT2D eigenvalue weighted by Crippen LogP contribution is -2.70. The molecule has 2 fully saturated rings. The number of H-pyrrole nitrogens is 1. The van der Waals surface area contributed by atoms with Gasteiger partial charge in [-0.3, -0.25) is 15.0 Å². The normalized spacial score (nSPS) is 29.6. The summed E-state index contributed by atoms with van der Waals surface area (Å²) in [4.78, 5) is 33.4. The number of phenols is 1. The van der Waals surface area contributed by atoms with Crippen LogP contribution in [0.15, 0.2) is 24.3 Å². The van der Waals surface area contributed by atoms with E-state index in [4.69, 9.17) is 28.4 Å². The molecule has 7 aliphatic heterocycles. The van der Waals surface area contributed by atoms with Gasteiger partial charge in [-0.1, -0.05) is 6.07 Å². The van der Waals surface area contributed by atoms with Crippen molar-refractivity contribution in [2.75, 3.05) is 40.0 Å². The summed E-state index contributed by atoms with van der Waals surface area (Å²) in [6, 6.07) is 4.77. The Kier molecular flexibility index (Phi) is 8.45. The standard InChI is InChI=1S/C41H44N4O11S/c1-16-8-19-9-25-39(49)45-26-13-53-40(50)41(38-23(10-20(12-46)44-41)22-11-21(51-4)6-7-24(22)43-38)14-57-37(31(45)30(42-25)27(19)32(48)33(16)52-5)29-28(26)36-35(54-15-55-36)17(2)34(29)56-18(3)47/h6-8,11,20,25-26,30-31,37,39,42-44,46,48-49H,9-10,12-15H2,1-5H3/t20-,25+,26+,30-,31-,37-,39+,41-/m1/s1. The van der Waals surface area contributed by atoms with Crippen molar-refractivity contribution in [2.45, 2.75) is 80.8 Å². The van der Waals surface area contributed by atoms with E-state index in [0.717, 1.165) is 27.6 Å². The van der Waals surface area contributed by atoms with Crippen LogP contribution in [0.2, 0.25) is 0 Å². The number of hydrogen-bond acceptors (Lipinski definition) is 15. The Hall–Kier alpha value is -4.71. The van der Waals surface area contributed by atoms with Gasteiger partial charge in [0.05, 0.1) is 49.9 Å². The van der Waals surface area contributed by atoms with Gasteiger partial charge >= 0.3 is 11.9 Å². The summed E-state index contributed by atoms with van der Waals surface area (Å²) in [6.45, 7) is 4.52. The van der Waals surface area contributed by atoms with Crippen LogP contribution >= 0.6 is 11.8 Å². The minimum absolute atomic E-state index is 0.0147. The molecule has 16 heteroatoms. The highest BCUT2D eigenvalue weighted by Crippen LogP contribution is 2.63. The first kappa shape index (κ1) is 36.6. The third-order valence-electron chi connectivity index (χ3n) is 12.7. The van der Waals surface area contributed by atoms with Crippen molar-refractivity contribution >= 4 is 34.6 Å². The number of aromatic hydroxyl groups is 1. The van der Waals surface area contributed by atoms with Crippen molar-refractivity contribution in [2.24, 2.45) is 0 Å². The summed E-state index contributed by atoms with van der Waals surface area (Å²) in [7, 11) is 3.13. The Bertz CT molecular complexity index is 2380. The Labute approximate surface area is 331 Å². The smallest absolute Gasteiger partial charge is 0.333 e. The highest BCUT2D eigenvalue weighted by atomic mass is 32.2. The highest BCUT2D eigenvalue weighted by Gasteiger charge is 2.60. The Morgan fingerprint density at radius 3 is 2.61 bits per heavy atom. The topological polar surface area (TPSA) is 193 Å². The number of fused-ring (bicyclic) bond motifs is 11. The van der Waals surface area contributed by atoms with Crippen LogP contribution in [0.4, 0.5) is 0 Å². The van der Waals surface area contributed by atoms with Crippen LogP contribution in [-0.2, 0) is 32.7 Å². The number of aryl methyl sites for hydroxylation is 1. The number of methoxy groups -OCH3 is 2. The molecule has 7 aliphatic rings. The maximum Gasteiger partial charge on any atom is 0.333 e. The molecule has 4 aromatic rings. The Morgan fingerprint density at radius 2 is 1.86 bits per heavy atom. The minimum Gasteiger partial charge on any atom is -0.504 e. The van der Waals surface area contributed by atoms with E-state index in [9.17, 15) is 24.9 Å². The highest BCUT2D eigenvalue weighted by molar-refractivity contribution is 7.99. The minimum atomic E-state index is -1.47. The molecule has 57 heavy (non-hydrogen) atoms. The number of thioether (sulfide) groups is 1. The van der Waals surface area contributed by atoms with E-state index in [0.29, 0.717) is 69.5 Å². The zero-order valence-electron chi connectivity index (χ0n) is 32.1. The van der Waals surface area contributed by atoms with E-state index in [1.54, 1.807) is 7.11 Å². The van der Waals surface area contributed by atoms with Crippen molar-refractivity contribution in [3.63, 3.8) is 0 Å². The number of rotatable bonds is 4. The van der Waals surface area contributed by atoms with E-state index in [-0.39, 0.29) is 31.5 Å². The average Bonchev–Trinajstić information content (AvgIpc) is 3.84. The lowest BCUT2D eigenvalue weighted by molar-refractivity contribution is -0.165. The molecule has 11 rings (SSSR count). The van der Waals surface area contributed by atoms with Crippen LogP contribution in [0.3, 0.4) is 0 Å². The number of nitrogens with one attached hydrogen (secondary N) is 3. The van der Waals surface area contributed by atoms with E-state index in [2.05, 4.69) is 15.6 Å². The first-order valence-electron chi connectivity index (χ1n) is 19.1. The maximum absolute atomic E-state index is 15.0. The van der Waals surface area contributed by atoms with Crippen molar-refractivity contribution in [3.05, 3.63) is 68.9 Å². The summed E-state index contributed by atoms with van der Waals surface area (Å²) in [5.74, 6) is 1.22. The molecule has 2 saturated heterocycles. The van der Waals surface area contributed by atoms with Gasteiger partial charge in [0, 0.05) is 57.9 Å². The van der Waals surface area contributed by atoms with E-state index >= 15 is 0 Å². The van der Waals surface area contributed by atoms with Gasteiger partial charge in [-0.2, -0.15) is 0 Å². The number of carbonyl (C=O) groups excluding carboxylic acids is 2. The Morgan fingerprint density at radius 1 is 1.05 bits per heavy atom. The summed E-state index contributed by atoms with van der Waals surface area (Å²) >= 11 is 1.44. The lowest BCUT2D eigenvalue weighted by atomic mass is 9.74. The third kappa shape index (κ3) is 5.10. The van der Waals surface area contributed by atoms with Gasteiger partial charge in [0.1, 0.15) is 24.3 Å². The lowest BCUT2D eigenvalue weighted by Gasteiger charge is -2.59. The number of hydrogen-bond donors (Lipinski definition) is 6. The van der Waals surface area contributed by atoms with Crippen LogP contribution in [0, 0.1) is 13.8 Å². The fourth-order valence-corrected chi connectivity index (χ4v) is 12.1. The van der Waals surface area contributed by atoms with Gasteiger partial charge in [0.25, 0.3) is 0 Å². The number of aliphatic hydroxyl groups is 2. The molecule has 0 unspecified atom stereocenters. The van der Waals surface area contributed by atoms with Gasteiger partial charge in [0.2, 0.25) is 6.79 Å². The molecule has 8 atom stereocenters. The fourth-order valence-electron chi connectivity index (χ4n) is 10.4. The second kappa shape index (κ2) is 13.2. The number of nitrogens with zero attached hydrogens (tertiary/aromatic N) is 1. The molecule has 8 heterocycles. The molecule has 0 radical (unpaired) electrons. The number of carbonyl (C=O) groups is 2. The van der Waals surface area contributed by atoms with Gasteiger partial charge in [-0.05, 0) is 61.6 Å². The van der Waals surface area contributed by atoms with Crippen molar-refractivity contribution in [1.82, 2.24) is 20.5 Å². The predicted molar refractivity (Wildman–Crippen MR) is 206 cm³/mol. The third-order valence-corrected chi connectivity index (χ3v) is 14.2. The summed E-state index contributed by atoms with van der Waals surface area (Å²) in [5, 5.41) is 42.5. The van der Waals surface area contributed by atoms with Gasteiger partial charge < -0.3 is 54.0 Å². The molecule has 0 aliphatic carbocycles. The largest absolute Gasteiger partial charge is 0.504 e. The van der Waals surface area contributed by atoms with Crippen LogP contribution in [0.5, 0.6) is 34.5 Å². The molecular formula is C41H44N4O11S. The molecule has 0 saturated carbocycles. The summed E-state index contributed by atoms with van der Waals surface area (Å²) in [6.07, 6.45) is -0.213. The molecule has 15 nitrogen and oxygen atoms in total. The second-order valence-corrected chi connectivity index (χ2v) is 16.9. The van der Waals surface area contributed by atoms with E-state index in [1.807, 2.05) is 43.0 Å². The van der Waals surface area contributed by atoms with Crippen LogP contribution in [0.25, 0.3) is 10.9 Å². The number of benzene rings is 3. The molecule has 1 spiro atoms. The number of phenolic OH excluding ortho intramolecular Hbond substituents is 1.